The number of fused-ring (bicyclic) bond motifs is 1. The van der Waals surface area contributed by atoms with Crippen molar-refractivity contribution >= 4 is 37.2 Å². The molecule has 0 bridgehead atoms. The van der Waals surface area contributed by atoms with Gasteiger partial charge in [-0.1, -0.05) is 106 Å². The molecule has 2 saturated heterocycles. The summed E-state index contributed by atoms with van der Waals surface area (Å²) < 4.78 is 0. The van der Waals surface area contributed by atoms with Gasteiger partial charge in [-0.25, -0.2) is 0 Å². The van der Waals surface area contributed by atoms with E-state index >= 15 is 0 Å². The molecule has 0 saturated carbocycles. The van der Waals surface area contributed by atoms with Gasteiger partial charge in [0.15, 0.2) is 0 Å². The first-order valence-corrected chi connectivity index (χ1v) is 16.8. The van der Waals surface area contributed by atoms with E-state index in [1.807, 2.05) is 10.6 Å². The third-order valence-electron chi connectivity index (χ3n) is 8.49. The number of hydrogen-bond donors (Lipinski definition) is 0. The Hall–Kier alpha value is -0.440. The Morgan fingerprint density at radius 2 is 1.19 bits per heavy atom. The van der Waals surface area contributed by atoms with Gasteiger partial charge in [-0.2, -0.15) is 0 Å². The molecule has 2 heterocycles. The smallest absolute Gasteiger partial charge is 0.00540 e. The second-order valence-corrected chi connectivity index (χ2v) is 16.0. The summed E-state index contributed by atoms with van der Waals surface area (Å²) in [7, 11) is -0.134. The lowest BCUT2D eigenvalue weighted by molar-refractivity contribution is 0.467. The molecule has 0 aromatic heterocycles. The Morgan fingerprint density at radius 1 is 0.656 bits per heavy atom. The second kappa shape index (κ2) is 10.9. The number of benzene rings is 2. The molecule has 2 heteroatoms. The highest BCUT2D eigenvalue weighted by Gasteiger charge is 2.47. The van der Waals surface area contributed by atoms with Crippen molar-refractivity contribution in [1.29, 1.82) is 0 Å². The Balaban J connectivity index is 1.91. The minimum Gasteiger partial charge on any atom is -0.0682 e. The molecule has 2 unspecified atom stereocenters. The zero-order valence-electron chi connectivity index (χ0n) is 21.3. The highest BCUT2D eigenvalue weighted by molar-refractivity contribution is 7.74. The van der Waals surface area contributed by atoms with Gasteiger partial charge < -0.3 is 0 Å². The molecule has 0 radical (unpaired) electrons. The van der Waals surface area contributed by atoms with Gasteiger partial charge in [-0.3, -0.25) is 0 Å². The maximum Gasteiger partial charge on any atom is -0.00540 e. The lowest BCUT2D eigenvalue weighted by Crippen LogP contribution is -2.36. The fraction of sp³-hybridized carbons (Fsp3) is 0.667. The molecule has 2 aliphatic heterocycles. The third-order valence-corrected chi connectivity index (χ3v) is 15.8. The predicted octanol–water partition coefficient (Wildman–Crippen LogP) is 9.32. The van der Waals surface area contributed by atoms with E-state index in [-0.39, 0.29) is 15.8 Å². The average molecular weight is 469 g/mol. The minimum atomic E-state index is -0.0802. The van der Waals surface area contributed by atoms with Gasteiger partial charge in [-0.05, 0) is 95.4 Å². The molecule has 0 spiro atoms. The SMILES string of the molecule is CCCC1(CCC)CCCP1c1ccc2ccccc2c1P1CCCC1(CCC)CCC. The molecule has 32 heavy (non-hydrogen) atoms. The quantitative estimate of drug-likeness (QED) is 0.305. The maximum absolute atomic E-state index is 2.65. The standard InChI is InChI=1S/C30H46P2/c1-5-17-29(18-6-2)21-11-23-31(29)27-16-15-25-13-9-10-14-26(25)28(27)32-24-12-22-30(32,19-7-3)20-8-4/h9-10,13-16H,5-8,11-12,17-24H2,1-4H3. The molecular formula is C30H46P2. The summed E-state index contributed by atoms with van der Waals surface area (Å²) in [5, 5.41) is 8.10. The number of hydrogen-bond acceptors (Lipinski definition) is 0. The topological polar surface area (TPSA) is 0 Å². The second-order valence-electron chi connectivity index (χ2n) is 10.6. The van der Waals surface area contributed by atoms with Gasteiger partial charge in [-0.15, -0.1) is 0 Å². The van der Waals surface area contributed by atoms with Crippen LogP contribution in [0.3, 0.4) is 0 Å². The highest BCUT2D eigenvalue weighted by Crippen LogP contribution is 2.66. The average Bonchev–Trinajstić information content (AvgIpc) is 3.38. The lowest BCUT2D eigenvalue weighted by Gasteiger charge is -2.42. The molecule has 0 nitrogen and oxygen atoms in total. The van der Waals surface area contributed by atoms with Crippen molar-refractivity contribution in [3.05, 3.63) is 36.4 Å². The van der Waals surface area contributed by atoms with Crippen molar-refractivity contribution in [2.45, 2.75) is 115 Å². The molecule has 2 aliphatic rings. The molecule has 2 aromatic rings. The van der Waals surface area contributed by atoms with E-state index in [2.05, 4.69) is 64.1 Å². The van der Waals surface area contributed by atoms with Gasteiger partial charge in [0.25, 0.3) is 0 Å². The molecule has 4 rings (SSSR count). The highest BCUT2D eigenvalue weighted by atomic mass is 31.1. The summed E-state index contributed by atoms with van der Waals surface area (Å²) in [6.07, 6.45) is 20.1. The minimum absolute atomic E-state index is 0.0536. The van der Waals surface area contributed by atoms with Crippen LogP contribution < -0.4 is 10.6 Å². The van der Waals surface area contributed by atoms with Crippen LogP contribution in [0.5, 0.6) is 0 Å². The molecule has 0 amide bonds. The third kappa shape index (κ3) is 4.46. The fourth-order valence-corrected chi connectivity index (χ4v) is 15.9. The van der Waals surface area contributed by atoms with Crippen molar-refractivity contribution in [2.75, 3.05) is 12.3 Å². The van der Waals surface area contributed by atoms with Gasteiger partial charge in [0.2, 0.25) is 0 Å². The van der Waals surface area contributed by atoms with Gasteiger partial charge in [0, 0.05) is 0 Å². The maximum atomic E-state index is 2.65. The molecule has 2 atom stereocenters. The van der Waals surface area contributed by atoms with E-state index in [4.69, 9.17) is 0 Å². The molecule has 2 aromatic carbocycles. The molecule has 0 aliphatic carbocycles. The van der Waals surface area contributed by atoms with E-state index in [0.717, 1.165) is 0 Å². The Labute approximate surface area is 200 Å². The monoisotopic (exact) mass is 468 g/mol. The first kappa shape index (κ1) is 24.7. The van der Waals surface area contributed by atoms with Crippen LogP contribution in [0.25, 0.3) is 10.8 Å². The molecular weight excluding hydrogens is 422 g/mol. The van der Waals surface area contributed by atoms with Crippen LogP contribution in [0.15, 0.2) is 36.4 Å². The van der Waals surface area contributed by atoms with Crippen LogP contribution in [0.1, 0.15) is 105 Å². The zero-order chi connectivity index (χ0) is 22.6. The Bertz CT molecular complexity index is 874. The van der Waals surface area contributed by atoms with Crippen LogP contribution in [0.4, 0.5) is 0 Å². The van der Waals surface area contributed by atoms with Crippen LogP contribution in [0, 0.1) is 0 Å². The van der Waals surface area contributed by atoms with Crippen molar-refractivity contribution in [1.82, 2.24) is 0 Å². The van der Waals surface area contributed by atoms with Crippen LogP contribution in [-0.2, 0) is 0 Å². The van der Waals surface area contributed by atoms with E-state index < -0.39 is 0 Å². The van der Waals surface area contributed by atoms with E-state index in [1.165, 1.54) is 94.8 Å². The van der Waals surface area contributed by atoms with Gasteiger partial charge >= 0.3 is 0 Å². The predicted molar refractivity (Wildman–Crippen MR) is 150 cm³/mol. The summed E-state index contributed by atoms with van der Waals surface area (Å²) in [6, 6.07) is 14.6. The largest absolute Gasteiger partial charge is 0.0682 e. The van der Waals surface area contributed by atoms with Gasteiger partial charge in [0.1, 0.15) is 0 Å². The lowest BCUT2D eigenvalue weighted by atomic mass is 9.93. The summed E-state index contributed by atoms with van der Waals surface area (Å²) in [5.41, 5.74) is 0. The Morgan fingerprint density at radius 3 is 1.78 bits per heavy atom. The molecule has 2 fully saturated rings. The first-order chi connectivity index (χ1) is 15.6. The normalized spacial score (nSPS) is 24.4. The molecule has 0 N–H and O–H groups in total. The van der Waals surface area contributed by atoms with Crippen LogP contribution >= 0.6 is 15.8 Å². The molecule has 176 valence electrons. The summed E-state index contributed by atoms with van der Waals surface area (Å²) >= 11 is 0. The van der Waals surface area contributed by atoms with Crippen LogP contribution in [0.2, 0.25) is 0 Å². The zero-order valence-corrected chi connectivity index (χ0v) is 23.0. The van der Waals surface area contributed by atoms with E-state index in [9.17, 15) is 0 Å². The summed E-state index contributed by atoms with van der Waals surface area (Å²) in [4.78, 5) is 0. The first-order valence-electron chi connectivity index (χ1n) is 13.7. The van der Waals surface area contributed by atoms with Crippen molar-refractivity contribution in [3.63, 3.8) is 0 Å². The summed E-state index contributed by atoms with van der Waals surface area (Å²) in [6.45, 7) is 9.72. The fourth-order valence-electron chi connectivity index (χ4n) is 7.50. The van der Waals surface area contributed by atoms with E-state index in [1.54, 1.807) is 5.39 Å². The van der Waals surface area contributed by atoms with Gasteiger partial charge in [0.05, 0.1) is 0 Å². The van der Waals surface area contributed by atoms with Crippen molar-refractivity contribution in [3.8, 4) is 0 Å². The van der Waals surface area contributed by atoms with Crippen molar-refractivity contribution in [2.24, 2.45) is 0 Å². The van der Waals surface area contributed by atoms with Crippen molar-refractivity contribution < 1.29 is 0 Å². The van der Waals surface area contributed by atoms with Crippen LogP contribution in [-0.4, -0.2) is 22.6 Å². The number of rotatable bonds is 10. The van der Waals surface area contributed by atoms with E-state index in [0.29, 0.717) is 10.3 Å². The summed E-state index contributed by atoms with van der Waals surface area (Å²) in [5.74, 6) is 0. The Kier molecular flexibility index (Phi) is 8.38.